The van der Waals surface area contributed by atoms with Gasteiger partial charge in [-0.05, 0) is 12.5 Å². The van der Waals surface area contributed by atoms with Crippen molar-refractivity contribution in [3.8, 4) is 0 Å². The van der Waals surface area contributed by atoms with E-state index in [9.17, 15) is 18.0 Å². The molecule has 1 aromatic rings. The lowest BCUT2D eigenvalue weighted by Gasteiger charge is -2.07. The first-order valence-corrected chi connectivity index (χ1v) is 4.22. The lowest BCUT2D eigenvalue weighted by atomic mass is 10.1. The molecule has 1 unspecified atom stereocenters. The monoisotopic (exact) mass is 218 g/mol. The summed E-state index contributed by atoms with van der Waals surface area (Å²) in [5, 5.41) is 9.11. The number of hydrogen-bond acceptors (Lipinski definition) is 2. The van der Waals surface area contributed by atoms with Gasteiger partial charge in [0.15, 0.2) is 0 Å². The second-order valence-electron chi connectivity index (χ2n) is 3.12. The first-order chi connectivity index (χ1) is 6.82. The summed E-state index contributed by atoms with van der Waals surface area (Å²) in [7, 11) is 0. The first kappa shape index (κ1) is 11.7. The van der Waals surface area contributed by atoms with Gasteiger partial charge in [0.25, 0.3) is 5.78 Å². The highest BCUT2D eigenvalue weighted by Crippen LogP contribution is 2.22. The predicted molar refractivity (Wildman–Crippen MR) is 47.5 cm³/mol. The van der Waals surface area contributed by atoms with Crippen molar-refractivity contribution in [3.63, 3.8) is 0 Å². The lowest BCUT2D eigenvalue weighted by Crippen LogP contribution is -2.22. The predicted octanol–water partition coefficient (Wildman–Crippen LogP) is 2.48. The zero-order valence-corrected chi connectivity index (χ0v) is 7.88. The van der Waals surface area contributed by atoms with Crippen molar-refractivity contribution in [2.75, 3.05) is 0 Å². The van der Waals surface area contributed by atoms with Gasteiger partial charge >= 0.3 is 6.18 Å². The molecule has 0 bridgehead atoms. The highest BCUT2D eigenvalue weighted by molar-refractivity contribution is 6.00. The molecule has 0 saturated carbocycles. The summed E-state index contributed by atoms with van der Waals surface area (Å²) in [6.07, 6.45) is -5.62. The molecule has 0 heterocycles. The summed E-state index contributed by atoms with van der Waals surface area (Å²) < 4.78 is 36.0. The van der Waals surface area contributed by atoms with Gasteiger partial charge < -0.3 is 5.11 Å². The van der Waals surface area contributed by atoms with Crippen LogP contribution in [-0.4, -0.2) is 17.1 Å². The van der Waals surface area contributed by atoms with E-state index in [0.29, 0.717) is 5.56 Å². The number of aliphatic hydroxyl groups excluding tert-OH is 1. The number of alkyl halides is 3. The van der Waals surface area contributed by atoms with E-state index in [0.717, 1.165) is 12.1 Å². The van der Waals surface area contributed by atoms with Gasteiger partial charge in [-0.1, -0.05) is 24.3 Å². The Morgan fingerprint density at radius 2 is 1.73 bits per heavy atom. The Kier molecular flexibility index (Phi) is 3.14. The fraction of sp³-hybridized carbons (Fsp3) is 0.300. The third kappa shape index (κ3) is 2.79. The van der Waals surface area contributed by atoms with Gasteiger partial charge in [-0.2, -0.15) is 13.2 Å². The average molecular weight is 218 g/mol. The number of ketones is 1. The Labute approximate surface area is 84.3 Å². The lowest BCUT2D eigenvalue weighted by molar-refractivity contribution is -0.0885. The van der Waals surface area contributed by atoms with E-state index in [1.807, 2.05) is 0 Å². The molecule has 1 aromatic carbocycles. The fourth-order valence-electron chi connectivity index (χ4n) is 1.08. The molecular weight excluding hydrogens is 209 g/mol. The van der Waals surface area contributed by atoms with E-state index < -0.39 is 23.6 Å². The van der Waals surface area contributed by atoms with Crippen LogP contribution in [0.15, 0.2) is 24.3 Å². The third-order valence-corrected chi connectivity index (χ3v) is 1.91. The SMILES string of the molecule is CC(O)c1ccc(C(=O)C(F)(F)F)cc1. The normalized spacial score (nSPS) is 13.7. The molecule has 0 saturated heterocycles. The van der Waals surface area contributed by atoms with Crippen LogP contribution in [0.3, 0.4) is 0 Å². The Hall–Kier alpha value is -1.36. The van der Waals surface area contributed by atoms with E-state index in [1.165, 1.54) is 19.1 Å². The number of Topliss-reactive ketones (excluding diaryl/α,β-unsaturated/α-hetero) is 1. The second kappa shape index (κ2) is 4.02. The fourth-order valence-corrected chi connectivity index (χ4v) is 1.08. The Balaban J connectivity index is 2.95. The molecule has 1 N–H and O–H groups in total. The van der Waals surface area contributed by atoms with E-state index in [2.05, 4.69) is 0 Å². The summed E-state index contributed by atoms with van der Waals surface area (Å²) in [5.74, 6) is -1.88. The quantitative estimate of drug-likeness (QED) is 0.774. The molecule has 5 heteroatoms. The molecule has 0 amide bonds. The zero-order valence-electron chi connectivity index (χ0n) is 7.88. The summed E-state index contributed by atoms with van der Waals surface area (Å²) in [6.45, 7) is 1.49. The van der Waals surface area contributed by atoms with Crippen molar-refractivity contribution in [2.45, 2.75) is 19.2 Å². The van der Waals surface area contributed by atoms with Crippen molar-refractivity contribution in [1.82, 2.24) is 0 Å². The molecule has 15 heavy (non-hydrogen) atoms. The molecule has 82 valence electrons. The first-order valence-electron chi connectivity index (χ1n) is 4.22. The van der Waals surface area contributed by atoms with Crippen molar-refractivity contribution >= 4 is 5.78 Å². The maximum atomic E-state index is 12.0. The molecule has 1 rings (SSSR count). The summed E-state index contributed by atoms with van der Waals surface area (Å²) >= 11 is 0. The molecule has 0 aromatic heterocycles. The van der Waals surface area contributed by atoms with Gasteiger partial charge in [0.2, 0.25) is 0 Å². The number of aliphatic hydroxyl groups is 1. The second-order valence-corrected chi connectivity index (χ2v) is 3.12. The van der Waals surface area contributed by atoms with Gasteiger partial charge in [-0.3, -0.25) is 4.79 Å². The zero-order chi connectivity index (χ0) is 11.6. The molecule has 0 aliphatic carbocycles. The van der Waals surface area contributed by atoms with E-state index >= 15 is 0 Å². The number of carbonyl (C=O) groups is 1. The van der Waals surface area contributed by atoms with Crippen LogP contribution in [0.2, 0.25) is 0 Å². The summed E-state index contributed by atoms with van der Waals surface area (Å²) in [4.78, 5) is 10.8. The van der Waals surface area contributed by atoms with Crippen LogP contribution < -0.4 is 0 Å². The van der Waals surface area contributed by atoms with Crippen LogP contribution in [0, 0.1) is 0 Å². The number of halogens is 3. The van der Waals surface area contributed by atoms with Crippen molar-refractivity contribution in [2.24, 2.45) is 0 Å². The van der Waals surface area contributed by atoms with Crippen LogP contribution in [0.5, 0.6) is 0 Å². The molecule has 0 radical (unpaired) electrons. The minimum atomic E-state index is -4.85. The molecule has 0 spiro atoms. The number of carbonyl (C=O) groups excluding carboxylic acids is 1. The number of hydrogen-bond donors (Lipinski definition) is 1. The van der Waals surface area contributed by atoms with Gasteiger partial charge in [0.1, 0.15) is 0 Å². The van der Waals surface area contributed by atoms with Gasteiger partial charge in [0.05, 0.1) is 6.10 Å². The number of benzene rings is 1. The van der Waals surface area contributed by atoms with Crippen LogP contribution in [0.25, 0.3) is 0 Å². The van der Waals surface area contributed by atoms with Crippen LogP contribution in [0.1, 0.15) is 28.9 Å². The van der Waals surface area contributed by atoms with Crippen LogP contribution in [0.4, 0.5) is 13.2 Å². The largest absolute Gasteiger partial charge is 0.454 e. The van der Waals surface area contributed by atoms with Crippen molar-refractivity contribution in [1.29, 1.82) is 0 Å². The van der Waals surface area contributed by atoms with Crippen molar-refractivity contribution < 1.29 is 23.1 Å². The Morgan fingerprint density at radius 3 is 2.07 bits per heavy atom. The minimum Gasteiger partial charge on any atom is -0.389 e. The molecule has 0 aliphatic rings. The summed E-state index contributed by atoms with van der Waals surface area (Å²) in [5.41, 5.74) is 0.0422. The topological polar surface area (TPSA) is 37.3 Å². The van der Waals surface area contributed by atoms with Gasteiger partial charge in [-0.15, -0.1) is 0 Å². The van der Waals surface area contributed by atoms with Gasteiger partial charge in [0, 0.05) is 5.56 Å². The smallest absolute Gasteiger partial charge is 0.389 e. The molecular formula is C10H9F3O2. The Bertz CT molecular complexity index is 352. The minimum absolute atomic E-state index is 0.424. The average Bonchev–Trinajstić information content (AvgIpc) is 2.15. The van der Waals surface area contributed by atoms with E-state index in [1.54, 1.807) is 0 Å². The van der Waals surface area contributed by atoms with Crippen LogP contribution >= 0.6 is 0 Å². The number of rotatable bonds is 2. The van der Waals surface area contributed by atoms with Crippen LogP contribution in [-0.2, 0) is 0 Å². The van der Waals surface area contributed by atoms with E-state index in [-0.39, 0.29) is 0 Å². The van der Waals surface area contributed by atoms with Gasteiger partial charge in [-0.25, -0.2) is 0 Å². The maximum absolute atomic E-state index is 12.0. The standard InChI is InChI=1S/C10H9F3O2/c1-6(14)7-2-4-8(5-3-7)9(15)10(11,12)13/h2-6,14H,1H3. The molecule has 0 aliphatic heterocycles. The highest BCUT2D eigenvalue weighted by Gasteiger charge is 2.39. The third-order valence-electron chi connectivity index (χ3n) is 1.91. The van der Waals surface area contributed by atoms with Crippen molar-refractivity contribution in [3.05, 3.63) is 35.4 Å². The molecule has 0 fully saturated rings. The summed E-state index contributed by atoms with van der Waals surface area (Å²) in [6, 6.07) is 4.70. The highest BCUT2D eigenvalue weighted by atomic mass is 19.4. The maximum Gasteiger partial charge on any atom is 0.454 e. The molecule has 2 nitrogen and oxygen atoms in total. The van der Waals surface area contributed by atoms with E-state index in [4.69, 9.17) is 5.11 Å². The molecule has 1 atom stereocenters. The Morgan fingerprint density at radius 1 is 1.27 bits per heavy atom.